The average molecular weight is 600 g/mol. The molecular weight excluding hydrogens is 560 g/mol. The van der Waals surface area contributed by atoms with Gasteiger partial charge in [0.25, 0.3) is 0 Å². The highest BCUT2D eigenvalue weighted by molar-refractivity contribution is 6.25. The van der Waals surface area contributed by atoms with Crippen molar-refractivity contribution < 1.29 is 56.4 Å². The first-order chi connectivity index (χ1) is 19.4. The smallest absolute Gasteiger partial charge is 0.410 e. The van der Waals surface area contributed by atoms with Crippen LogP contribution in [0.2, 0.25) is 0 Å². The van der Waals surface area contributed by atoms with E-state index in [2.05, 4.69) is 0 Å². The van der Waals surface area contributed by atoms with E-state index in [1.54, 1.807) is 41.5 Å². The Balaban J connectivity index is 2.60. The van der Waals surface area contributed by atoms with Gasteiger partial charge in [0, 0.05) is 13.0 Å². The summed E-state index contributed by atoms with van der Waals surface area (Å²) in [7, 11) is 0. The predicted molar refractivity (Wildman–Crippen MR) is 144 cm³/mol. The third-order valence-corrected chi connectivity index (χ3v) is 5.86. The number of esters is 3. The quantitative estimate of drug-likeness (QED) is 0.176. The van der Waals surface area contributed by atoms with Crippen molar-refractivity contribution in [3.63, 3.8) is 0 Å². The topological polar surface area (TPSA) is 135 Å². The van der Waals surface area contributed by atoms with Gasteiger partial charge in [-0.25, -0.2) is 18.4 Å². The van der Waals surface area contributed by atoms with Gasteiger partial charge in [0.15, 0.2) is 5.78 Å². The normalized spacial score (nSPS) is 16.0. The fourth-order valence-corrected chi connectivity index (χ4v) is 4.17. The molecule has 1 aliphatic heterocycles. The van der Waals surface area contributed by atoms with E-state index >= 15 is 8.78 Å². The van der Waals surface area contributed by atoms with Crippen LogP contribution in [0.4, 0.5) is 13.6 Å². The van der Waals surface area contributed by atoms with Crippen molar-refractivity contribution >= 4 is 29.8 Å². The van der Waals surface area contributed by atoms with Gasteiger partial charge in [-0.3, -0.25) is 14.4 Å². The molecule has 42 heavy (non-hydrogen) atoms. The molecule has 0 spiro atoms. The zero-order chi connectivity index (χ0) is 32.0. The summed E-state index contributed by atoms with van der Waals surface area (Å²) in [5, 5.41) is 0. The summed E-state index contributed by atoms with van der Waals surface area (Å²) in [5.74, 6) is -8.51. The molecule has 1 atom stereocenters. The van der Waals surface area contributed by atoms with Gasteiger partial charge in [-0.1, -0.05) is 0 Å². The highest BCUT2D eigenvalue weighted by Gasteiger charge is 2.58. The van der Waals surface area contributed by atoms with Crippen LogP contribution < -0.4 is 0 Å². The van der Waals surface area contributed by atoms with Crippen LogP contribution in [0.15, 0.2) is 12.1 Å². The third kappa shape index (κ3) is 8.46. The summed E-state index contributed by atoms with van der Waals surface area (Å²) >= 11 is 0. The molecule has 234 valence electrons. The van der Waals surface area contributed by atoms with E-state index in [1.807, 2.05) is 0 Å². The number of halogens is 2. The largest absolute Gasteiger partial charge is 0.465 e. The molecule has 0 aromatic heterocycles. The Morgan fingerprint density at radius 3 is 1.83 bits per heavy atom. The van der Waals surface area contributed by atoms with Crippen LogP contribution in [0.25, 0.3) is 0 Å². The summed E-state index contributed by atoms with van der Waals surface area (Å²) in [6, 6.07) is 1.15. The summed E-state index contributed by atoms with van der Waals surface area (Å²) < 4.78 is 57.1. The minimum atomic E-state index is -2.91. The molecular formula is C29H39F2NO10. The molecule has 0 aliphatic carbocycles. The number of amides is 1. The Morgan fingerprint density at radius 2 is 1.38 bits per heavy atom. The molecule has 1 amide bonds. The number of benzene rings is 1. The van der Waals surface area contributed by atoms with Crippen LogP contribution in [0.1, 0.15) is 82.5 Å². The fraction of sp³-hybridized carbons (Fsp3) is 0.621. The van der Waals surface area contributed by atoms with Gasteiger partial charge in [-0.15, -0.1) is 0 Å². The molecule has 1 aliphatic rings. The van der Waals surface area contributed by atoms with Gasteiger partial charge in [0.1, 0.15) is 22.8 Å². The van der Waals surface area contributed by atoms with Crippen molar-refractivity contribution in [3.8, 4) is 0 Å². The van der Waals surface area contributed by atoms with Crippen molar-refractivity contribution in [2.75, 3.05) is 32.9 Å². The van der Waals surface area contributed by atoms with E-state index in [0.29, 0.717) is 12.1 Å². The molecule has 2 rings (SSSR count). The molecule has 1 aromatic rings. The lowest BCUT2D eigenvalue weighted by molar-refractivity contribution is -0.171. The summed E-state index contributed by atoms with van der Waals surface area (Å²) in [4.78, 5) is 67.1. The number of morpholine rings is 1. The highest BCUT2D eigenvalue weighted by Crippen LogP contribution is 2.36. The summed E-state index contributed by atoms with van der Waals surface area (Å²) in [5.41, 5.74) is -6.50. The van der Waals surface area contributed by atoms with Gasteiger partial charge in [0.05, 0.1) is 43.6 Å². The minimum absolute atomic E-state index is 0.0485. The second kappa shape index (κ2) is 13.6. The fourth-order valence-electron chi connectivity index (χ4n) is 4.17. The second-order valence-electron chi connectivity index (χ2n) is 11.6. The maximum absolute atomic E-state index is 15.4. The number of hydrogen-bond donors (Lipinski definition) is 0. The maximum Gasteiger partial charge on any atom is 0.410 e. The molecule has 0 bridgehead atoms. The van der Waals surface area contributed by atoms with Gasteiger partial charge in [0.2, 0.25) is 5.41 Å². The third-order valence-electron chi connectivity index (χ3n) is 5.86. The second-order valence-corrected chi connectivity index (χ2v) is 11.6. The molecule has 0 N–H and O–H groups in total. The van der Waals surface area contributed by atoms with Crippen LogP contribution in [0.3, 0.4) is 0 Å². The van der Waals surface area contributed by atoms with Crippen LogP contribution in [-0.4, -0.2) is 84.9 Å². The zero-order valence-electron chi connectivity index (χ0n) is 25.3. The molecule has 1 heterocycles. The van der Waals surface area contributed by atoms with Gasteiger partial charge >= 0.3 is 24.0 Å². The maximum atomic E-state index is 15.4. The van der Waals surface area contributed by atoms with Crippen LogP contribution >= 0.6 is 0 Å². The SMILES string of the molecule is CCOC(=O)C(C[C@H]1CN(C(=O)OC(C)(C)C)CCO1)(C(=O)OCC)C(=O)c1c(F)cc(C(=O)OC(C)(C)C)cc1F. The molecule has 0 unspecified atom stereocenters. The van der Waals surface area contributed by atoms with E-state index in [9.17, 15) is 24.0 Å². The van der Waals surface area contributed by atoms with Crippen LogP contribution in [-0.2, 0) is 33.3 Å². The van der Waals surface area contributed by atoms with Crippen molar-refractivity contribution in [2.45, 2.75) is 79.1 Å². The molecule has 1 aromatic carbocycles. The number of hydrogen-bond acceptors (Lipinski definition) is 10. The van der Waals surface area contributed by atoms with E-state index in [0.717, 1.165) is 0 Å². The van der Waals surface area contributed by atoms with Gasteiger partial charge in [-0.05, 0) is 67.5 Å². The molecule has 1 saturated heterocycles. The van der Waals surface area contributed by atoms with E-state index < -0.39 is 81.7 Å². The predicted octanol–water partition coefficient (Wildman–Crippen LogP) is 4.24. The molecule has 11 nitrogen and oxygen atoms in total. The number of carbonyl (C=O) groups excluding carboxylic acids is 5. The number of Topliss-reactive ketones (excluding diaryl/α,β-unsaturated/α-hetero) is 1. The lowest BCUT2D eigenvalue weighted by Crippen LogP contribution is -2.55. The van der Waals surface area contributed by atoms with Crippen LogP contribution in [0.5, 0.6) is 0 Å². The Morgan fingerprint density at radius 1 is 0.881 bits per heavy atom. The Hall–Kier alpha value is -3.61. The first kappa shape index (κ1) is 34.6. The number of rotatable bonds is 9. The zero-order valence-corrected chi connectivity index (χ0v) is 25.3. The Labute approximate surface area is 243 Å². The standard InChI is InChI=1S/C29H39F2NO10/c1-9-38-24(35)29(25(36)39-10-2,15-18-16-32(11-12-40-18)26(37)42-28(6,7)8)22(33)21-19(30)13-17(14-20(21)31)23(34)41-27(3,4)5/h13-14,18H,9-12,15-16H2,1-8H3/t18-/m0/s1. The van der Waals surface area contributed by atoms with Crippen LogP contribution in [0, 0.1) is 17.0 Å². The number of carbonyl (C=O) groups is 5. The Bertz CT molecular complexity index is 1160. The molecule has 0 saturated carbocycles. The van der Waals surface area contributed by atoms with Crippen molar-refractivity contribution in [1.82, 2.24) is 4.90 Å². The molecule has 1 fully saturated rings. The first-order valence-electron chi connectivity index (χ1n) is 13.6. The van der Waals surface area contributed by atoms with E-state index in [-0.39, 0.29) is 32.9 Å². The van der Waals surface area contributed by atoms with Crippen molar-refractivity contribution in [1.29, 1.82) is 0 Å². The molecule has 0 radical (unpaired) electrons. The van der Waals surface area contributed by atoms with Crippen molar-refractivity contribution in [2.24, 2.45) is 5.41 Å². The molecule has 13 heteroatoms. The minimum Gasteiger partial charge on any atom is -0.465 e. The lowest BCUT2D eigenvalue weighted by atomic mass is 9.75. The monoisotopic (exact) mass is 599 g/mol. The number of ketones is 1. The number of ether oxygens (including phenoxy) is 5. The van der Waals surface area contributed by atoms with E-state index in [1.165, 1.54) is 18.7 Å². The highest BCUT2D eigenvalue weighted by atomic mass is 19.1. The number of nitrogens with zero attached hydrogens (tertiary/aromatic N) is 1. The van der Waals surface area contributed by atoms with E-state index in [4.69, 9.17) is 23.7 Å². The lowest BCUT2D eigenvalue weighted by Gasteiger charge is -2.37. The van der Waals surface area contributed by atoms with Crippen molar-refractivity contribution in [3.05, 3.63) is 34.9 Å². The Kier molecular flexibility index (Phi) is 11.2. The summed E-state index contributed by atoms with van der Waals surface area (Å²) in [6.07, 6.45) is -2.61. The summed E-state index contributed by atoms with van der Waals surface area (Å²) in [6.45, 7) is 11.8. The first-order valence-corrected chi connectivity index (χ1v) is 13.6. The van der Waals surface area contributed by atoms with Gasteiger partial charge < -0.3 is 28.6 Å². The average Bonchev–Trinajstić information content (AvgIpc) is 2.85. The van der Waals surface area contributed by atoms with Gasteiger partial charge in [-0.2, -0.15) is 0 Å².